The predicted molar refractivity (Wildman–Crippen MR) is 116 cm³/mol. The average Bonchev–Trinajstić information content (AvgIpc) is 3.25. The van der Waals surface area contributed by atoms with E-state index < -0.39 is 57.2 Å². The fourth-order valence-electron chi connectivity index (χ4n) is 4.68. The summed E-state index contributed by atoms with van der Waals surface area (Å²) < 4.78 is 83.5. The first-order valence-corrected chi connectivity index (χ1v) is 13.7. The quantitative estimate of drug-likeness (QED) is 0.501. The SMILES string of the molecule is CC1(C)O[C@H]2[C@@H]3OS(=O)(=O)O[C@@H]3CO[C@@]2(COS(=O)(=O)N2CCN(Cc3ccccc3)CC2)O1. The molecule has 0 radical (unpaired) electrons. The molecule has 0 bridgehead atoms. The molecule has 190 valence electrons. The number of piperazine rings is 1. The Morgan fingerprint density at radius 3 is 2.50 bits per heavy atom. The van der Waals surface area contributed by atoms with Crippen molar-refractivity contribution >= 4 is 20.7 Å². The van der Waals surface area contributed by atoms with Crippen molar-refractivity contribution in [2.45, 2.75) is 50.3 Å². The monoisotopic (exact) mass is 520 g/mol. The van der Waals surface area contributed by atoms with Crippen LogP contribution in [0.1, 0.15) is 19.4 Å². The maximum atomic E-state index is 13.0. The standard InChI is InChI=1S/C20H28N2O10S2/c1-19(2)29-18-17-16(30-34(25,26)31-17)13-27-20(18,32-19)14-28-33(23,24)22-10-8-21(9-11-22)12-15-6-4-3-5-7-15/h3-7,16-18H,8-14H2,1-2H3/t16-,17-,18+,20+/m1/s1. The number of fused-ring (bicyclic) bond motifs is 3. The third-order valence-electron chi connectivity index (χ3n) is 6.20. The largest absolute Gasteiger partial charge is 0.400 e. The van der Waals surface area contributed by atoms with Gasteiger partial charge < -0.3 is 14.2 Å². The molecule has 4 atom stereocenters. The van der Waals surface area contributed by atoms with Crippen molar-refractivity contribution in [3.05, 3.63) is 35.9 Å². The molecular weight excluding hydrogens is 492 g/mol. The van der Waals surface area contributed by atoms with Gasteiger partial charge >= 0.3 is 20.7 Å². The molecule has 4 heterocycles. The van der Waals surface area contributed by atoms with E-state index in [1.54, 1.807) is 13.8 Å². The Morgan fingerprint density at radius 1 is 1.09 bits per heavy atom. The summed E-state index contributed by atoms with van der Waals surface area (Å²) in [6.07, 6.45) is -3.04. The summed E-state index contributed by atoms with van der Waals surface area (Å²) in [5, 5.41) is 0. The summed E-state index contributed by atoms with van der Waals surface area (Å²) >= 11 is 0. The van der Waals surface area contributed by atoms with Gasteiger partial charge in [0.2, 0.25) is 5.79 Å². The van der Waals surface area contributed by atoms with Gasteiger partial charge in [-0.3, -0.25) is 9.08 Å². The lowest BCUT2D eigenvalue weighted by molar-refractivity contribution is -0.290. The van der Waals surface area contributed by atoms with Crippen LogP contribution >= 0.6 is 0 Å². The van der Waals surface area contributed by atoms with Gasteiger partial charge in [-0.2, -0.15) is 21.1 Å². The lowest BCUT2D eigenvalue weighted by Gasteiger charge is -2.40. The molecule has 14 heteroatoms. The lowest BCUT2D eigenvalue weighted by Crippen LogP contribution is -2.61. The molecule has 0 spiro atoms. The van der Waals surface area contributed by atoms with Crippen LogP contribution in [0.5, 0.6) is 0 Å². The van der Waals surface area contributed by atoms with Crippen molar-refractivity contribution < 1.29 is 43.6 Å². The summed E-state index contributed by atoms with van der Waals surface area (Å²) in [5.74, 6) is -2.86. The summed E-state index contributed by atoms with van der Waals surface area (Å²) in [4.78, 5) is 2.18. The highest BCUT2D eigenvalue weighted by Crippen LogP contribution is 2.46. The maximum absolute atomic E-state index is 13.0. The van der Waals surface area contributed by atoms with Gasteiger partial charge in [-0.1, -0.05) is 30.3 Å². The third-order valence-corrected chi connectivity index (χ3v) is 8.55. The smallest absolute Gasteiger partial charge is 0.343 e. The first kappa shape index (κ1) is 24.5. The molecule has 4 aliphatic heterocycles. The van der Waals surface area contributed by atoms with E-state index >= 15 is 0 Å². The topological polar surface area (TPSA) is 130 Å². The fraction of sp³-hybridized carbons (Fsp3) is 0.700. The second-order valence-electron chi connectivity index (χ2n) is 9.15. The molecule has 0 unspecified atom stereocenters. The fourth-order valence-corrected chi connectivity index (χ4v) is 6.76. The van der Waals surface area contributed by atoms with E-state index in [1.807, 2.05) is 30.3 Å². The minimum atomic E-state index is -4.21. The number of hydrogen-bond donors (Lipinski definition) is 0. The zero-order valence-corrected chi connectivity index (χ0v) is 20.5. The maximum Gasteiger partial charge on any atom is 0.400 e. The molecule has 4 saturated heterocycles. The zero-order valence-electron chi connectivity index (χ0n) is 18.9. The van der Waals surface area contributed by atoms with Gasteiger partial charge in [-0.25, -0.2) is 8.37 Å². The van der Waals surface area contributed by atoms with Crippen LogP contribution in [0.15, 0.2) is 30.3 Å². The highest BCUT2D eigenvalue weighted by atomic mass is 32.3. The summed E-state index contributed by atoms with van der Waals surface area (Å²) in [6, 6.07) is 9.97. The Hall–Kier alpha value is -1.20. The molecular formula is C20H28N2O10S2. The van der Waals surface area contributed by atoms with E-state index in [2.05, 4.69) is 4.90 Å². The van der Waals surface area contributed by atoms with E-state index in [-0.39, 0.29) is 19.7 Å². The van der Waals surface area contributed by atoms with Crippen LogP contribution in [0, 0.1) is 0 Å². The molecule has 0 aromatic heterocycles. The number of benzene rings is 1. The molecule has 0 saturated carbocycles. The summed E-state index contributed by atoms with van der Waals surface area (Å²) in [6.45, 7) is 4.89. The molecule has 0 N–H and O–H groups in total. The molecule has 4 fully saturated rings. The van der Waals surface area contributed by atoms with E-state index in [4.69, 9.17) is 26.8 Å². The molecule has 34 heavy (non-hydrogen) atoms. The highest BCUT2D eigenvalue weighted by molar-refractivity contribution is 7.84. The van der Waals surface area contributed by atoms with Gasteiger partial charge in [-0.15, -0.1) is 0 Å². The van der Waals surface area contributed by atoms with E-state index in [9.17, 15) is 16.8 Å². The van der Waals surface area contributed by atoms with Crippen LogP contribution in [0.25, 0.3) is 0 Å². The van der Waals surface area contributed by atoms with Crippen LogP contribution in [-0.2, 0) is 54.0 Å². The van der Waals surface area contributed by atoms with Gasteiger partial charge in [0.25, 0.3) is 0 Å². The molecule has 1 aromatic carbocycles. The molecule has 0 aliphatic carbocycles. The van der Waals surface area contributed by atoms with Gasteiger partial charge in [0.1, 0.15) is 24.9 Å². The summed E-state index contributed by atoms with van der Waals surface area (Å²) in [7, 11) is -8.31. The van der Waals surface area contributed by atoms with E-state index in [0.29, 0.717) is 13.1 Å². The van der Waals surface area contributed by atoms with Gasteiger partial charge in [-0.05, 0) is 19.4 Å². The Labute approximate surface area is 199 Å². The van der Waals surface area contributed by atoms with Crippen molar-refractivity contribution in [3.8, 4) is 0 Å². The number of ether oxygens (including phenoxy) is 3. The zero-order chi connectivity index (χ0) is 24.2. The summed E-state index contributed by atoms with van der Waals surface area (Å²) in [5.41, 5.74) is 1.16. The number of rotatable bonds is 6. The van der Waals surface area contributed by atoms with Crippen LogP contribution in [0.3, 0.4) is 0 Å². The molecule has 1 aromatic rings. The van der Waals surface area contributed by atoms with Crippen LogP contribution in [0.2, 0.25) is 0 Å². The van der Waals surface area contributed by atoms with Gasteiger partial charge in [0.05, 0.1) is 6.61 Å². The van der Waals surface area contributed by atoms with Crippen LogP contribution in [-0.4, -0.2) is 95.3 Å². The van der Waals surface area contributed by atoms with Crippen molar-refractivity contribution in [2.75, 3.05) is 39.4 Å². The second kappa shape index (κ2) is 8.73. The van der Waals surface area contributed by atoms with E-state index in [1.165, 1.54) is 4.31 Å². The first-order valence-electron chi connectivity index (χ1n) is 11.0. The van der Waals surface area contributed by atoms with Crippen molar-refractivity contribution in [2.24, 2.45) is 0 Å². The average molecular weight is 521 g/mol. The Morgan fingerprint density at radius 2 is 1.79 bits per heavy atom. The van der Waals surface area contributed by atoms with Crippen molar-refractivity contribution in [1.29, 1.82) is 0 Å². The highest BCUT2D eigenvalue weighted by Gasteiger charge is 2.66. The second-order valence-corrected chi connectivity index (χ2v) is 12.0. The van der Waals surface area contributed by atoms with Gasteiger partial charge in [0, 0.05) is 32.7 Å². The van der Waals surface area contributed by atoms with Crippen molar-refractivity contribution in [1.82, 2.24) is 9.21 Å². The third kappa shape index (κ3) is 4.89. The lowest BCUT2D eigenvalue weighted by atomic mass is 9.98. The minimum Gasteiger partial charge on any atom is -0.343 e. The van der Waals surface area contributed by atoms with Crippen LogP contribution in [0.4, 0.5) is 0 Å². The number of nitrogens with zero attached hydrogens (tertiary/aromatic N) is 2. The minimum absolute atomic E-state index is 0.193. The predicted octanol–water partition coefficient (Wildman–Crippen LogP) is -0.0276. The molecule has 4 aliphatic rings. The Kier molecular flexibility index (Phi) is 6.29. The number of hydrogen-bond acceptors (Lipinski definition) is 11. The normalized spacial score (nSPS) is 35.6. The van der Waals surface area contributed by atoms with E-state index in [0.717, 1.165) is 12.1 Å². The first-order chi connectivity index (χ1) is 16.0. The van der Waals surface area contributed by atoms with Crippen LogP contribution < -0.4 is 0 Å². The molecule has 0 amide bonds. The molecule has 5 rings (SSSR count). The van der Waals surface area contributed by atoms with Gasteiger partial charge in [0.15, 0.2) is 5.79 Å². The Balaban J connectivity index is 1.23. The Bertz CT molecular complexity index is 1110. The van der Waals surface area contributed by atoms with Crippen molar-refractivity contribution in [3.63, 3.8) is 0 Å². The molecule has 12 nitrogen and oxygen atoms in total.